The molecule has 0 aliphatic heterocycles. The maximum absolute atomic E-state index is 13.2. The van der Waals surface area contributed by atoms with Crippen LogP contribution in [0.5, 0.6) is 0 Å². The molecule has 8 heteroatoms. The van der Waals surface area contributed by atoms with Crippen LogP contribution >= 0.6 is 12.2 Å². The molecule has 4 nitrogen and oxygen atoms in total. The largest absolute Gasteiger partial charge is 0.416 e. The van der Waals surface area contributed by atoms with Crippen LogP contribution in [0.2, 0.25) is 0 Å². The Kier molecular flexibility index (Phi) is 6.52. The number of benzene rings is 1. The molecule has 1 N–H and O–H groups in total. The molecule has 1 aromatic heterocycles. The van der Waals surface area contributed by atoms with Crippen molar-refractivity contribution in [3.05, 3.63) is 65.5 Å². The Morgan fingerprint density at radius 1 is 1.24 bits per heavy atom. The molecule has 1 aliphatic rings. The van der Waals surface area contributed by atoms with Gasteiger partial charge in [0, 0.05) is 25.0 Å². The Hall–Kier alpha value is -2.48. The van der Waals surface area contributed by atoms with E-state index in [4.69, 9.17) is 17.1 Å². The van der Waals surface area contributed by atoms with E-state index in [1.54, 1.807) is 25.5 Å². The van der Waals surface area contributed by atoms with E-state index in [9.17, 15) is 13.2 Å². The summed E-state index contributed by atoms with van der Waals surface area (Å²) in [7, 11) is 1.76. The van der Waals surface area contributed by atoms with Crippen molar-refractivity contribution in [3.63, 3.8) is 0 Å². The Labute approximate surface area is 173 Å². The lowest BCUT2D eigenvalue weighted by molar-refractivity contribution is -0.138. The zero-order chi connectivity index (χ0) is 20.9. The van der Waals surface area contributed by atoms with Crippen molar-refractivity contribution in [3.8, 4) is 0 Å². The average Bonchev–Trinajstić information content (AvgIpc) is 2.74. The Morgan fingerprint density at radius 2 is 2.03 bits per heavy atom. The number of likely N-dealkylation sites (N-methyl/N-ethyl adjacent to an activating group) is 1. The molecule has 1 aliphatic carbocycles. The summed E-state index contributed by atoms with van der Waals surface area (Å²) in [6, 6.07) is 9.13. The van der Waals surface area contributed by atoms with Gasteiger partial charge in [-0.2, -0.15) is 13.2 Å². The van der Waals surface area contributed by atoms with Crippen LogP contribution in [0.25, 0.3) is 0 Å². The number of thiocarbonyl (C=S) groups is 1. The lowest BCUT2D eigenvalue weighted by Crippen LogP contribution is -2.50. The minimum Gasteiger partial charge on any atom is -0.391 e. The van der Waals surface area contributed by atoms with E-state index >= 15 is 0 Å². The van der Waals surface area contributed by atoms with Crippen molar-refractivity contribution in [2.75, 3.05) is 7.05 Å². The number of hydrogen-bond acceptors (Lipinski definition) is 4. The van der Waals surface area contributed by atoms with Gasteiger partial charge in [-0.3, -0.25) is 4.98 Å². The smallest absolute Gasteiger partial charge is 0.391 e. The first-order valence-corrected chi connectivity index (χ1v) is 9.77. The average molecular weight is 421 g/mol. The lowest BCUT2D eigenvalue weighted by Gasteiger charge is -2.38. The normalized spacial score (nSPS) is 21.0. The molecule has 0 bridgehead atoms. The number of pyridine rings is 1. The fourth-order valence-corrected chi connectivity index (χ4v) is 4.12. The number of aromatic nitrogens is 1. The van der Waals surface area contributed by atoms with Gasteiger partial charge in [0.25, 0.3) is 0 Å². The molecular formula is C21H22F3N3OS. The van der Waals surface area contributed by atoms with Gasteiger partial charge in [0.15, 0.2) is 0 Å². The molecule has 1 aromatic carbocycles. The molecular weight excluding hydrogens is 399 g/mol. The zero-order valence-electron chi connectivity index (χ0n) is 16.0. The van der Waals surface area contributed by atoms with Crippen LogP contribution in [-0.2, 0) is 23.0 Å². The summed E-state index contributed by atoms with van der Waals surface area (Å²) in [5, 5.41) is 7.35. The molecule has 0 amide bonds. The van der Waals surface area contributed by atoms with Crippen LogP contribution in [0.15, 0.2) is 53.9 Å². The van der Waals surface area contributed by atoms with Crippen molar-refractivity contribution < 1.29 is 18.0 Å². The van der Waals surface area contributed by atoms with Crippen molar-refractivity contribution in [1.82, 2.24) is 10.3 Å². The predicted octanol–water partition coefficient (Wildman–Crippen LogP) is 5.03. The highest BCUT2D eigenvalue weighted by Gasteiger charge is 2.44. The topological polar surface area (TPSA) is 46.5 Å². The molecule has 154 valence electrons. The second-order valence-electron chi connectivity index (χ2n) is 6.90. The Morgan fingerprint density at radius 3 is 2.72 bits per heavy atom. The highest BCUT2D eigenvalue weighted by Crippen LogP contribution is 2.39. The second-order valence-corrected chi connectivity index (χ2v) is 7.31. The number of nitrogens with one attached hydrogen (secondary N) is 1. The molecule has 2 aromatic rings. The van der Waals surface area contributed by atoms with Crippen molar-refractivity contribution in [2.45, 2.75) is 43.9 Å². The standard InChI is InChI=1S/C21H22F3N3OS/c1-25-19(29)20(16-8-6-12-26-13-16)11-5-4-10-18(20)27-28-14-15-7-2-3-9-17(15)21(22,23)24/h2-3,6-9,12-13H,4-5,10-11,14H2,1H3,(H,25,29)/b27-18-. The van der Waals surface area contributed by atoms with Crippen LogP contribution in [-0.4, -0.2) is 22.7 Å². The summed E-state index contributed by atoms with van der Waals surface area (Å²) in [6.07, 6.45) is 2.25. The third-order valence-electron chi connectivity index (χ3n) is 5.19. The molecule has 1 heterocycles. The summed E-state index contributed by atoms with van der Waals surface area (Å²) in [6.45, 7) is -0.269. The Balaban J connectivity index is 1.92. The van der Waals surface area contributed by atoms with Gasteiger partial charge in [-0.05, 0) is 37.0 Å². The number of oxime groups is 1. The van der Waals surface area contributed by atoms with Crippen LogP contribution < -0.4 is 5.32 Å². The van der Waals surface area contributed by atoms with Gasteiger partial charge in [0.05, 0.1) is 21.7 Å². The first-order valence-electron chi connectivity index (χ1n) is 9.36. The summed E-state index contributed by atoms with van der Waals surface area (Å²) in [5.74, 6) is 0. The van der Waals surface area contributed by atoms with Crippen LogP contribution in [0.4, 0.5) is 13.2 Å². The second kappa shape index (κ2) is 8.90. The molecule has 3 rings (SSSR count). The molecule has 0 spiro atoms. The molecule has 1 saturated carbocycles. The van der Waals surface area contributed by atoms with Crippen LogP contribution in [0.1, 0.15) is 42.4 Å². The van der Waals surface area contributed by atoms with E-state index in [0.29, 0.717) is 17.1 Å². The highest BCUT2D eigenvalue weighted by atomic mass is 32.1. The zero-order valence-corrected chi connectivity index (χ0v) is 16.8. The van der Waals surface area contributed by atoms with Gasteiger partial charge >= 0.3 is 6.18 Å². The van der Waals surface area contributed by atoms with Gasteiger partial charge < -0.3 is 10.2 Å². The first kappa shape index (κ1) is 21.2. The predicted molar refractivity (Wildman–Crippen MR) is 110 cm³/mol. The number of alkyl halides is 3. The van der Waals surface area contributed by atoms with Gasteiger partial charge in [-0.25, -0.2) is 0 Å². The van der Waals surface area contributed by atoms with Gasteiger partial charge in [0.1, 0.15) is 6.61 Å². The molecule has 29 heavy (non-hydrogen) atoms. The maximum Gasteiger partial charge on any atom is 0.416 e. The molecule has 1 atom stereocenters. The van der Waals surface area contributed by atoms with Gasteiger partial charge in [-0.15, -0.1) is 0 Å². The van der Waals surface area contributed by atoms with Crippen molar-refractivity contribution >= 4 is 22.9 Å². The summed E-state index contributed by atoms with van der Waals surface area (Å²) in [5.41, 5.74) is 0.272. The van der Waals surface area contributed by atoms with E-state index in [1.165, 1.54) is 12.1 Å². The number of hydrogen-bond donors (Lipinski definition) is 1. The van der Waals surface area contributed by atoms with Crippen LogP contribution in [0, 0.1) is 0 Å². The minimum atomic E-state index is -4.44. The monoisotopic (exact) mass is 421 g/mol. The molecule has 0 radical (unpaired) electrons. The van der Waals surface area contributed by atoms with E-state index in [1.807, 2.05) is 12.1 Å². The molecule has 0 saturated heterocycles. The highest BCUT2D eigenvalue weighted by molar-refractivity contribution is 7.80. The van der Waals surface area contributed by atoms with E-state index in [-0.39, 0.29) is 12.2 Å². The number of rotatable bonds is 5. The van der Waals surface area contributed by atoms with Crippen molar-refractivity contribution in [2.24, 2.45) is 5.16 Å². The van der Waals surface area contributed by atoms with E-state index in [0.717, 1.165) is 30.9 Å². The number of halogens is 3. The quantitative estimate of drug-likeness (QED) is 0.543. The van der Waals surface area contributed by atoms with Crippen LogP contribution in [0.3, 0.4) is 0 Å². The Bertz CT molecular complexity index is 886. The van der Waals surface area contributed by atoms with E-state index < -0.39 is 17.2 Å². The third kappa shape index (κ3) is 4.42. The SMILES string of the molecule is CNC(=S)C1(c2cccnc2)CCCC/C1=N/OCc1ccccc1C(F)(F)F. The fourth-order valence-electron chi connectivity index (χ4n) is 3.78. The van der Waals surface area contributed by atoms with Gasteiger partial charge in [-0.1, -0.05) is 48.1 Å². The number of nitrogens with zero attached hydrogens (tertiary/aromatic N) is 2. The maximum atomic E-state index is 13.2. The summed E-state index contributed by atoms with van der Waals surface area (Å²) >= 11 is 5.64. The minimum absolute atomic E-state index is 0.0448. The first-order chi connectivity index (χ1) is 13.9. The summed E-state index contributed by atoms with van der Waals surface area (Å²) < 4.78 is 39.6. The summed E-state index contributed by atoms with van der Waals surface area (Å²) in [4.78, 5) is 10.3. The van der Waals surface area contributed by atoms with E-state index in [2.05, 4.69) is 15.5 Å². The molecule has 1 unspecified atom stereocenters. The third-order valence-corrected chi connectivity index (χ3v) is 5.75. The molecule has 1 fully saturated rings. The van der Waals surface area contributed by atoms with Gasteiger partial charge in [0.2, 0.25) is 0 Å². The lowest BCUT2D eigenvalue weighted by atomic mass is 9.68. The van der Waals surface area contributed by atoms with Crippen molar-refractivity contribution in [1.29, 1.82) is 0 Å². The fraction of sp³-hybridized carbons (Fsp3) is 0.381.